The fraction of sp³-hybridized carbons (Fsp3) is 0.714. The number of hydrogen-bond donors (Lipinski definition) is 1. The van der Waals surface area contributed by atoms with Gasteiger partial charge in [-0.15, -0.1) is 6.58 Å². The molecule has 0 heterocycles. The van der Waals surface area contributed by atoms with E-state index in [2.05, 4.69) is 18.8 Å². The van der Waals surface area contributed by atoms with Crippen molar-refractivity contribution in [2.75, 3.05) is 7.05 Å². The van der Waals surface area contributed by atoms with Crippen LogP contribution in [0, 0.1) is 0 Å². The second kappa shape index (κ2) is 3.67. The molecule has 0 aromatic heterocycles. The molecule has 1 heteroatoms. The first-order valence-electron chi connectivity index (χ1n) is 2.98. The van der Waals surface area contributed by atoms with E-state index in [9.17, 15) is 0 Å². The second-order valence-electron chi connectivity index (χ2n) is 2.35. The van der Waals surface area contributed by atoms with E-state index in [1.54, 1.807) is 0 Å². The van der Waals surface area contributed by atoms with Crippen LogP contribution in [0.25, 0.3) is 0 Å². The lowest BCUT2D eigenvalue weighted by Gasteiger charge is -2.07. The Morgan fingerprint density at radius 2 is 2.25 bits per heavy atom. The minimum absolute atomic E-state index is 0.576. The zero-order valence-corrected chi connectivity index (χ0v) is 5.99. The van der Waals surface area contributed by atoms with Gasteiger partial charge < -0.3 is 5.32 Å². The summed E-state index contributed by atoms with van der Waals surface area (Å²) in [4.78, 5) is 0. The molecule has 48 valence electrons. The van der Waals surface area contributed by atoms with Gasteiger partial charge >= 0.3 is 0 Å². The van der Waals surface area contributed by atoms with Gasteiger partial charge in [0.2, 0.25) is 0 Å². The Labute approximate surface area is 51.8 Å². The van der Waals surface area contributed by atoms with Crippen LogP contribution in [0.15, 0.2) is 12.2 Å². The molecule has 0 aliphatic rings. The third-order valence-electron chi connectivity index (χ3n) is 1.15. The first-order valence-corrected chi connectivity index (χ1v) is 2.98. The van der Waals surface area contributed by atoms with Crippen LogP contribution in [0.1, 0.15) is 20.3 Å². The van der Waals surface area contributed by atoms with Gasteiger partial charge in [-0.25, -0.2) is 0 Å². The Balaban J connectivity index is 3.24. The summed E-state index contributed by atoms with van der Waals surface area (Å²) in [6.07, 6.45) is 1.08. The molecule has 0 rings (SSSR count). The molecule has 1 N–H and O–H groups in total. The van der Waals surface area contributed by atoms with Crippen molar-refractivity contribution in [2.24, 2.45) is 0 Å². The smallest absolute Gasteiger partial charge is 0.00726 e. The summed E-state index contributed by atoms with van der Waals surface area (Å²) in [6.45, 7) is 8.00. The van der Waals surface area contributed by atoms with E-state index in [-0.39, 0.29) is 0 Å². The van der Waals surface area contributed by atoms with Crippen LogP contribution in [0.2, 0.25) is 0 Å². The Kier molecular flexibility index (Phi) is 3.53. The Hall–Kier alpha value is -0.300. The molecule has 0 amide bonds. The monoisotopic (exact) mass is 113 g/mol. The average Bonchev–Trinajstić information content (AvgIpc) is 1.65. The molecule has 0 aliphatic heterocycles. The van der Waals surface area contributed by atoms with Gasteiger partial charge in [0.05, 0.1) is 0 Å². The van der Waals surface area contributed by atoms with Gasteiger partial charge in [0.25, 0.3) is 0 Å². The minimum atomic E-state index is 0.576. The van der Waals surface area contributed by atoms with Crippen molar-refractivity contribution in [1.29, 1.82) is 0 Å². The molecular weight excluding hydrogens is 98.1 g/mol. The quantitative estimate of drug-likeness (QED) is 0.548. The molecule has 0 radical (unpaired) electrons. The summed E-state index contributed by atoms with van der Waals surface area (Å²) in [5, 5.41) is 3.14. The first kappa shape index (κ1) is 7.70. The highest BCUT2D eigenvalue weighted by Crippen LogP contribution is 1.98. The van der Waals surface area contributed by atoms with Crippen LogP contribution in [0.5, 0.6) is 0 Å². The molecule has 0 aromatic rings. The summed E-state index contributed by atoms with van der Waals surface area (Å²) in [5.74, 6) is 0. The molecule has 0 saturated heterocycles. The van der Waals surface area contributed by atoms with Gasteiger partial charge in [0.1, 0.15) is 0 Å². The third kappa shape index (κ3) is 3.88. The Morgan fingerprint density at radius 1 is 1.75 bits per heavy atom. The molecule has 1 unspecified atom stereocenters. The average molecular weight is 113 g/mol. The normalized spacial score (nSPS) is 13.4. The fourth-order valence-electron chi connectivity index (χ4n) is 0.625. The molecule has 0 spiro atoms. The predicted molar refractivity (Wildman–Crippen MR) is 38.0 cm³/mol. The Bertz CT molecular complexity index is 76.5. The largest absolute Gasteiger partial charge is 0.317 e. The molecule has 0 fully saturated rings. The molecule has 0 aromatic carbocycles. The summed E-state index contributed by atoms with van der Waals surface area (Å²) in [5.41, 5.74) is 1.24. The van der Waals surface area contributed by atoms with Crippen molar-refractivity contribution in [3.05, 3.63) is 12.2 Å². The predicted octanol–water partition coefficient (Wildman–Crippen LogP) is 1.56. The van der Waals surface area contributed by atoms with E-state index in [0.29, 0.717) is 6.04 Å². The maximum atomic E-state index is 3.80. The summed E-state index contributed by atoms with van der Waals surface area (Å²) < 4.78 is 0. The summed E-state index contributed by atoms with van der Waals surface area (Å²) in [7, 11) is 1.97. The molecule has 0 saturated carbocycles. The summed E-state index contributed by atoms with van der Waals surface area (Å²) >= 11 is 0. The van der Waals surface area contributed by atoms with Crippen LogP contribution >= 0.6 is 0 Å². The highest BCUT2D eigenvalue weighted by atomic mass is 14.8. The van der Waals surface area contributed by atoms with Gasteiger partial charge in [-0.1, -0.05) is 5.57 Å². The van der Waals surface area contributed by atoms with Crippen LogP contribution < -0.4 is 5.32 Å². The van der Waals surface area contributed by atoms with E-state index < -0.39 is 0 Å². The Morgan fingerprint density at radius 3 is 2.38 bits per heavy atom. The fourth-order valence-corrected chi connectivity index (χ4v) is 0.625. The maximum Gasteiger partial charge on any atom is 0.00726 e. The van der Waals surface area contributed by atoms with Gasteiger partial charge in [0, 0.05) is 6.04 Å². The second-order valence-corrected chi connectivity index (χ2v) is 2.35. The van der Waals surface area contributed by atoms with E-state index in [1.807, 2.05) is 14.0 Å². The van der Waals surface area contributed by atoms with Gasteiger partial charge in [-0.2, -0.15) is 0 Å². The van der Waals surface area contributed by atoms with E-state index >= 15 is 0 Å². The topological polar surface area (TPSA) is 12.0 Å². The van der Waals surface area contributed by atoms with Gasteiger partial charge in [0.15, 0.2) is 0 Å². The highest BCUT2D eigenvalue weighted by Gasteiger charge is 1.94. The van der Waals surface area contributed by atoms with E-state index in [4.69, 9.17) is 0 Å². The molecule has 8 heavy (non-hydrogen) atoms. The molecular formula is C7H15N. The van der Waals surface area contributed by atoms with Crippen molar-refractivity contribution in [3.8, 4) is 0 Å². The lowest BCUT2D eigenvalue weighted by Crippen LogP contribution is -2.20. The van der Waals surface area contributed by atoms with Crippen LogP contribution in [-0.4, -0.2) is 13.1 Å². The van der Waals surface area contributed by atoms with Crippen LogP contribution in [-0.2, 0) is 0 Å². The zero-order chi connectivity index (χ0) is 6.57. The molecule has 0 bridgehead atoms. The van der Waals surface area contributed by atoms with Crippen molar-refractivity contribution in [2.45, 2.75) is 26.3 Å². The van der Waals surface area contributed by atoms with Crippen LogP contribution in [0.3, 0.4) is 0 Å². The van der Waals surface area contributed by atoms with Gasteiger partial charge in [-0.3, -0.25) is 0 Å². The van der Waals surface area contributed by atoms with Gasteiger partial charge in [-0.05, 0) is 27.3 Å². The van der Waals surface area contributed by atoms with E-state index in [0.717, 1.165) is 6.42 Å². The minimum Gasteiger partial charge on any atom is -0.317 e. The molecule has 0 aliphatic carbocycles. The number of nitrogens with one attached hydrogen (secondary N) is 1. The van der Waals surface area contributed by atoms with Crippen molar-refractivity contribution in [1.82, 2.24) is 5.32 Å². The maximum absolute atomic E-state index is 3.80. The van der Waals surface area contributed by atoms with Crippen molar-refractivity contribution in [3.63, 3.8) is 0 Å². The SMILES string of the molecule is C=C(C)CC(C)NC. The lowest BCUT2D eigenvalue weighted by molar-refractivity contribution is 0.606. The lowest BCUT2D eigenvalue weighted by atomic mass is 10.1. The molecule has 1 atom stereocenters. The first-order chi connectivity index (χ1) is 3.66. The zero-order valence-electron chi connectivity index (χ0n) is 5.99. The standard InChI is InChI=1S/C7H15N/c1-6(2)5-7(3)8-4/h7-8H,1,5H2,2-4H3. The molecule has 1 nitrogen and oxygen atoms in total. The third-order valence-corrected chi connectivity index (χ3v) is 1.15. The highest BCUT2D eigenvalue weighted by molar-refractivity contribution is 4.90. The van der Waals surface area contributed by atoms with Crippen molar-refractivity contribution >= 4 is 0 Å². The number of rotatable bonds is 3. The van der Waals surface area contributed by atoms with Crippen LogP contribution in [0.4, 0.5) is 0 Å². The summed E-state index contributed by atoms with van der Waals surface area (Å²) in [6, 6.07) is 0.576. The van der Waals surface area contributed by atoms with E-state index in [1.165, 1.54) is 5.57 Å². The number of hydrogen-bond acceptors (Lipinski definition) is 1. The van der Waals surface area contributed by atoms with Crippen molar-refractivity contribution < 1.29 is 0 Å².